The van der Waals surface area contributed by atoms with E-state index in [1.54, 1.807) is 31.2 Å². The van der Waals surface area contributed by atoms with Gasteiger partial charge in [-0.25, -0.2) is 9.53 Å². The monoisotopic (exact) mass is 278 g/mol. The first-order valence-corrected chi connectivity index (χ1v) is 6.30. The van der Waals surface area contributed by atoms with Crippen LogP contribution in [0, 0.1) is 5.21 Å². The summed E-state index contributed by atoms with van der Waals surface area (Å²) < 4.78 is 5.43. The number of hydrogen-bond acceptors (Lipinski definition) is 4. The van der Waals surface area contributed by atoms with Crippen molar-refractivity contribution < 1.29 is 19.1 Å². The average molecular weight is 278 g/mol. The van der Waals surface area contributed by atoms with E-state index in [4.69, 9.17) is 4.74 Å². The molecule has 1 unspecified atom stereocenters. The highest BCUT2D eigenvalue weighted by atomic mass is 16.5. The van der Waals surface area contributed by atoms with Gasteiger partial charge in [0.2, 0.25) is 5.91 Å². The van der Waals surface area contributed by atoms with Crippen molar-refractivity contribution in [2.45, 2.75) is 19.9 Å². The fourth-order valence-corrected chi connectivity index (χ4v) is 1.61. The third kappa shape index (κ3) is 5.51. The van der Waals surface area contributed by atoms with Crippen molar-refractivity contribution in [2.75, 3.05) is 13.2 Å². The Balaban J connectivity index is 2.75. The maximum absolute atomic E-state index is 11.8. The Labute approximate surface area is 117 Å². The second-order valence-electron chi connectivity index (χ2n) is 4.14. The van der Waals surface area contributed by atoms with Crippen LogP contribution in [0.25, 0.3) is 0 Å². The molecule has 20 heavy (non-hydrogen) atoms. The highest BCUT2D eigenvalue weighted by molar-refractivity contribution is 5.83. The van der Waals surface area contributed by atoms with Gasteiger partial charge in [0.15, 0.2) is 18.8 Å². The number of rotatable bonds is 6. The smallest absolute Gasteiger partial charge is 0.335 e. The first kappa shape index (κ1) is 15.7. The van der Waals surface area contributed by atoms with Gasteiger partial charge in [-0.05, 0) is 19.1 Å². The maximum Gasteiger partial charge on any atom is 0.335 e. The van der Waals surface area contributed by atoms with E-state index in [1.807, 2.05) is 6.07 Å². The SMILES string of the molecule is CCOC(=O)C(C/[N+]([O-])=C/c1ccccc1)NC(C)=O. The summed E-state index contributed by atoms with van der Waals surface area (Å²) in [4.78, 5) is 22.7. The number of amides is 1. The first-order valence-electron chi connectivity index (χ1n) is 6.30. The molecule has 0 aliphatic rings. The fraction of sp³-hybridized carbons (Fsp3) is 0.357. The van der Waals surface area contributed by atoms with Crippen LogP contribution in [-0.2, 0) is 14.3 Å². The minimum atomic E-state index is -0.982. The van der Waals surface area contributed by atoms with Crippen LogP contribution in [0.2, 0.25) is 0 Å². The van der Waals surface area contributed by atoms with E-state index in [9.17, 15) is 14.8 Å². The third-order valence-corrected chi connectivity index (χ3v) is 2.40. The molecular weight excluding hydrogens is 260 g/mol. The van der Waals surface area contributed by atoms with Crippen LogP contribution in [0.3, 0.4) is 0 Å². The van der Waals surface area contributed by atoms with Crippen molar-refractivity contribution in [3.8, 4) is 0 Å². The molecule has 1 aromatic rings. The molecule has 6 heteroatoms. The Kier molecular flexibility index (Phi) is 6.22. The van der Waals surface area contributed by atoms with Crippen LogP contribution >= 0.6 is 0 Å². The second kappa shape index (κ2) is 7.93. The Bertz CT molecular complexity index is 485. The van der Waals surface area contributed by atoms with Gasteiger partial charge in [0.1, 0.15) is 0 Å². The summed E-state index contributed by atoms with van der Waals surface area (Å²) >= 11 is 0. The molecule has 0 radical (unpaired) electrons. The van der Waals surface area contributed by atoms with E-state index in [0.29, 0.717) is 10.3 Å². The summed E-state index contributed by atoms with van der Waals surface area (Å²) in [6.45, 7) is 2.93. The topological polar surface area (TPSA) is 81.5 Å². The van der Waals surface area contributed by atoms with E-state index in [1.165, 1.54) is 13.1 Å². The minimum Gasteiger partial charge on any atom is -0.624 e. The molecule has 0 saturated carbocycles. The van der Waals surface area contributed by atoms with Gasteiger partial charge in [-0.2, -0.15) is 0 Å². The van der Waals surface area contributed by atoms with Gasteiger partial charge < -0.3 is 15.3 Å². The number of benzene rings is 1. The molecule has 1 atom stereocenters. The van der Waals surface area contributed by atoms with E-state index >= 15 is 0 Å². The van der Waals surface area contributed by atoms with Crippen LogP contribution in [-0.4, -0.2) is 42.0 Å². The zero-order valence-corrected chi connectivity index (χ0v) is 11.5. The molecule has 0 aliphatic heterocycles. The molecule has 1 amide bonds. The first-order chi connectivity index (χ1) is 9.52. The number of hydrogen-bond donors (Lipinski definition) is 1. The molecule has 6 nitrogen and oxygen atoms in total. The summed E-state index contributed by atoms with van der Waals surface area (Å²) in [5.41, 5.74) is 0.716. The molecule has 0 saturated heterocycles. The average Bonchev–Trinajstić information content (AvgIpc) is 2.38. The van der Waals surface area contributed by atoms with Crippen molar-refractivity contribution in [3.63, 3.8) is 0 Å². The number of carbonyl (C=O) groups is 2. The van der Waals surface area contributed by atoms with Gasteiger partial charge >= 0.3 is 5.97 Å². The maximum atomic E-state index is 11.8. The zero-order valence-electron chi connectivity index (χ0n) is 11.5. The van der Waals surface area contributed by atoms with E-state index in [2.05, 4.69) is 5.32 Å². The number of nitrogens with zero attached hydrogens (tertiary/aromatic N) is 1. The lowest BCUT2D eigenvalue weighted by atomic mass is 10.2. The molecule has 1 aromatic carbocycles. The summed E-state index contributed by atoms with van der Waals surface area (Å²) in [5.74, 6) is -1.01. The van der Waals surface area contributed by atoms with Crippen LogP contribution in [0.1, 0.15) is 19.4 Å². The van der Waals surface area contributed by atoms with Gasteiger partial charge in [0.05, 0.1) is 6.61 Å². The highest BCUT2D eigenvalue weighted by Gasteiger charge is 2.24. The van der Waals surface area contributed by atoms with Crippen LogP contribution in [0.15, 0.2) is 30.3 Å². The Morgan fingerprint density at radius 1 is 1.40 bits per heavy atom. The molecule has 0 spiro atoms. The second-order valence-corrected chi connectivity index (χ2v) is 4.14. The van der Waals surface area contributed by atoms with E-state index in [-0.39, 0.29) is 13.2 Å². The Hall–Kier alpha value is -2.37. The quantitative estimate of drug-likeness (QED) is 0.273. The van der Waals surface area contributed by atoms with Gasteiger partial charge in [-0.1, -0.05) is 18.2 Å². The number of ether oxygens (including phenoxy) is 1. The molecule has 0 aliphatic carbocycles. The molecule has 0 aromatic heterocycles. The zero-order chi connectivity index (χ0) is 15.0. The molecule has 1 rings (SSSR count). The predicted octanol–water partition coefficient (Wildman–Crippen LogP) is 0.684. The fourth-order valence-electron chi connectivity index (χ4n) is 1.61. The Morgan fingerprint density at radius 2 is 2.05 bits per heavy atom. The van der Waals surface area contributed by atoms with Crippen LogP contribution in [0.4, 0.5) is 0 Å². The minimum absolute atomic E-state index is 0.191. The number of hydroxylamine groups is 1. The Morgan fingerprint density at radius 3 is 2.60 bits per heavy atom. The van der Waals surface area contributed by atoms with E-state index in [0.717, 1.165) is 0 Å². The van der Waals surface area contributed by atoms with Gasteiger partial charge in [-0.3, -0.25) is 4.79 Å². The van der Waals surface area contributed by atoms with Crippen molar-refractivity contribution in [2.24, 2.45) is 0 Å². The molecule has 0 heterocycles. The van der Waals surface area contributed by atoms with Gasteiger partial charge in [0, 0.05) is 12.5 Å². The van der Waals surface area contributed by atoms with Crippen molar-refractivity contribution in [1.82, 2.24) is 5.32 Å². The highest BCUT2D eigenvalue weighted by Crippen LogP contribution is 1.96. The summed E-state index contributed by atoms with van der Waals surface area (Å²) in [7, 11) is 0. The van der Waals surface area contributed by atoms with Crippen LogP contribution in [0.5, 0.6) is 0 Å². The lowest BCUT2D eigenvalue weighted by molar-refractivity contribution is -0.454. The lowest BCUT2D eigenvalue weighted by Gasteiger charge is -2.15. The van der Waals surface area contributed by atoms with Crippen molar-refractivity contribution in [1.29, 1.82) is 0 Å². The summed E-state index contributed by atoms with van der Waals surface area (Å²) in [5, 5.41) is 14.2. The standard InChI is InChI=1S/C14H18N2O4/c1-3-20-14(18)13(15-11(2)17)10-16(19)9-12-7-5-4-6-8-12/h4-9,13H,3,10H2,1-2H3,(H,15,17)/b16-9-. The molecule has 0 bridgehead atoms. The number of esters is 1. The van der Waals surface area contributed by atoms with Gasteiger partial charge in [-0.15, -0.1) is 0 Å². The van der Waals surface area contributed by atoms with Crippen molar-refractivity contribution >= 4 is 18.1 Å². The van der Waals surface area contributed by atoms with E-state index < -0.39 is 17.9 Å². The third-order valence-electron chi connectivity index (χ3n) is 2.40. The largest absolute Gasteiger partial charge is 0.624 e. The van der Waals surface area contributed by atoms with Crippen LogP contribution < -0.4 is 5.32 Å². The number of carbonyl (C=O) groups excluding carboxylic acids is 2. The number of nitrogens with one attached hydrogen (secondary N) is 1. The van der Waals surface area contributed by atoms with Crippen molar-refractivity contribution in [3.05, 3.63) is 41.1 Å². The lowest BCUT2D eigenvalue weighted by Crippen LogP contribution is -2.45. The molecular formula is C14H18N2O4. The molecule has 0 fully saturated rings. The molecule has 1 N–H and O–H groups in total. The van der Waals surface area contributed by atoms with Gasteiger partial charge in [0.25, 0.3) is 0 Å². The molecule has 108 valence electrons. The summed E-state index contributed by atoms with van der Waals surface area (Å²) in [6, 6.07) is 7.99. The summed E-state index contributed by atoms with van der Waals surface area (Å²) in [6.07, 6.45) is 1.36. The normalized spacial score (nSPS) is 12.6. The predicted molar refractivity (Wildman–Crippen MR) is 74.3 cm³/mol.